The first-order valence-electron chi connectivity index (χ1n) is 2.59. The fraction of sp³-hybridized carbons (Fsp3) is 0.833. The fourth-order valence-corrected chi connectivity index (χ4v) is 1.06. The molecule has 1 nitrogen and oxygen atoms in total. The molecule has 0 fully saturated rings. The average Bonchev–Trinajstić information content (AvgIpc) is 1.59. The maximum Gasteiger partial charge on any atom is 0.0629 e. The van der Waals surface area contributed by atoms with Crippen molar-refractivity contribution in [1.82, 2.24) is 0 Å². The van der Waals surface area contributed by atoms with Crippen LogP contribution in [0.25, 0.3) is 0 Å². The van der Waals surface area contributed by atoms with Gasteiger partial charge in [-0.05, 0) is 24.5 Å². The zero-order chi connectivity index (χ0) is 6.62. The van der Waals surface area contributed by atoms with Crippen LogP contribution in [-0.4, -0.2) is 24.5 Å². The van der Waals surface area contributed by atoms with E-state index in [1.165, 1.54) is 0 Å². The van der Waals surface area contributed by atoms with Crippen LogP contribution in [0.3, 0.4) is 0 Å². The third-order valence-electron chi connectivity index (χ3n) is 0.826. The first-order valence-corrected chi connectivity index (χ1v) is 5.62. The first kappa shape index (κ1) is 7.84. The minimum absolute atomic E-state index is 0.409. The van der Waals surface area contributed by atoms with E-state index in [0.29, 0.717) is 0 Å². The molecule has 8 heavy (non-hydrogen) atoms. The third-order valence-corrected chi connectivity index (χ3v) is 2.26. The second kappa shape index (κ2) is 2.99. The molecular formula is C6H13NS. The Kier molecular flexibility index (Phi) is 2.93. The van der Waals surface area contributed by atoms with Crippen LogP contribution in [-0.2, 0) is 0 Å². The van der Waals surface area contributed by atoms with Gasteiger partial charge in [-0.2, -0.15) is 5.26 Å². The van der Waals surface area contributed by atoms with Crippen molar-refractivity contribution in [3.8, 4) is 6.07 Å². The lowest BCUT2D eigenvalue weighted by Gasteiger charge is -2.22. The number of rotatable bonds is 2. The molecule has 0 aliphatic carbocycles. The molecule has 0 bridgehead atoms. The highest BCUT2D eigenvalue weighted by atomic mass is 32.3. The van der Waals surface area contributed by atoms with Crippen LogP contribution in [0.15, 0.2) is 0 Å². The van der Waals surface area contributed by atoms with Crippen molar-refractivity contribution in [2.24, 2.45) is 0 Å². The van der Waals surface area contributed by atoms with Crippen LogP contribution >= 0.6 is 10.0 Å². The van der Waals surface area contributed by atoms with Crippen LogP contribution in [0, 0.1) is 11.3 Å². The Bertz CT molecular complexity index is 96.1. The first-order chi connectivity index (χ1) is 3.56. The molecule has 0 aromatic heterocycles. The summed E-state index contributed by atoms with van der Waals surface area (Å²) in [5.41, 5.74) is 0. The molecule has 0 amide bonds. The van der Waals surface area contributed by atoms with Gasteiger partial charge in [0.1, 0.15) is 0 Å². The predicted octanol–water partition coefficient (Wildman–Crippen LogP) is 1.59. The smallest absolute Gasteiger partial charge is 0.0629 e. The fourth-order valence-electron chi connectivity index (χ4n) is 0.352. The van der Waals surface area contributed by atoms with Crippen molar-refractivity contribution in [3.05, 3.63) is 0 Å². The standard InChI is InChI=1S/C6H13NS/c1-8(2,3)6-4-5-7/h4,6H2,1-3H3. The number of hydrogen-bond donors (Lipinski definition) is 0. The summed E-state index contributed by atoms with van der Waals surface area (Å²) >= 11 is 0. The van der Waals surface area contributed by atoms with Crippen LogP contribution < -0.4 is 0 Å². The second-order valence-electron chi connectivity index (χ2n) is 2.70. The lowest BCUT2D eigenvalue weighted by Crippen LogP contribution is -1.96. The Hall–Kier alpha value is -0.160. The van der Waals surface area contributed by atoms with E-state index in [0.717, 1.165) is 12.2 Å². The van der Waals surface area contributed by atoms with Crippen molar-refractivity contribution in [2.45, 2.75) is 6.42 Å². The van der Waals surface area contributed by atoms with E-state index >= 15 is 0 Å². The minimum Gasteiger partial charge on any atom is -0.249 e. The molecule has 0 heterocycles. The monoisotopic (exact) mass is 131 g/mol. The molecular weight excluding hydrogens is 118 g/mol. The molecule has 0 radical (unpaired) electrons. The highest BCUT2D eigenvalue weighted by Crippen LogP contribution is 2.34. The van der Waals surface area contributed by atoms with Gasteiger partial charge in [0.2, 0.25) is 0 Å². The lowest BCUT2D eigenvalue weighted by molar-refractivity contribution is 1.23. The molecule has 0 aromatic rings. The molecule has 0 rings (SSSR count). The minimum atomic E-state index is -0.409. The van der Waals surface area contributed by atoms with Gasteiger partial charge < -0.3 is 0 Å². The average molecular weight is 131 g/mol. The molecule has 0 aromatic carbocycles. The molecule has 0 spiro atoms. The van der Waals surface area contributed by atoms with Crippen LogP contribution in [0.1, 0.15) is 6.42 Å². The van der Waals surface area contributed by atoms with Crippen molar-refractivity contribution < 1.29 is 0 Å². The molecule has 0 aliphatic rings. The zero-order valence-corrected chi connectivity index (χ0v) is 6.59. The van der Waals surface area contributed by atoms with E-state index in [1.54, 1.807) is 0 Å². The summed E-state index contributed by atoms with van der Waals surface area (Å²) in [4.78, 5) is 0. The molecule has 0 aliphatic heterocycles. The topological polar surface area (TPSA) is 23.8 Å². The Balaban J connectivity index is 3.28. The highest BCUT2D eigenvalue weighted by Gasteiger charge is 2.00. The van der Waals surface area contributed by atoms with Gasteiger partial charge in [0.25, 0.3) is 0 Å². The van der Waals surface area contributed by atoms with Gasteiger partial charge in [-0.15, -0.1) is 0 Å². The SMILES string of the molecule is CS(C)(C)CCC#N. The van der Waals surface area contributed by atoms with Gasteiger partial charge in [-0.3, -0.25) is 0 Å². The Morgan fingerprint density at radius 1 is 1.38 bits per heavy atom. The van der Waals surface area contributed by atoms with Crippen molar-refractivity contribution >= 4 is 10.0 Å². The summed E-state index contributed by atoms with van der Waals surface area (Å²) in [6, 6.07) is 2.15. The maximum absolute atomic E-state index is 8.19. The molecule has 48 valence electrons. The second-order valence-corrected chi connectivity index (χ2v) is 7.29. The van der Waals surface area contributed by atoms with E-state index in [2.05, 4.69) is 24.8 Å². The summed E-state index contributed by atoms with van der Waals surface area (Å²) in [6.07, 6.45) is 7.40. The summed E-state index contributed by atoms with van der Waals surface area (Å²) in [5, 5.41) is 8.19. The maximum atomic E-state index is 8.19. The van der Waals surface area contributed by atoms with Gasteiger partial charge in [0.15, 0.2) is 0 Å². The van der Waals surface area contributed by atoms with Gasteiger partial charge in [-0.1, -0.05) is 0 Å². The summed E-state index contributed by atoms with van der Waals surface area (Å²) in [6.45, 7) is 0. The number of nitriles is 1. The Morgan fingerprint density at radius 3 is 2.00 bits per heavy atom. The Morgan fingerprint density at radius 2 is 1.88 bits per heavy atom. The van der Waals surface area contributed by atoms with Gasteiger partial charge in [0.05, 0.1) is 6.07 Å². The molecule has 0 saturated carbocycles. The summed E-state index contributed by atoms with van der Waals surface area (Å²) in [5.74, 6) is 1.09. The lowest BCUT2D eigenvalue weighted by atomic mass is 10.6. The largest absolute Gasteiger partial charge is 0.249 e. The van der Waals surface area contributed by atoms with E-state index in [4.69, 9.17) is 5.26 Å². The molecule has 0 atom stereocenters. The number of nitrogens with zero attached hydrogens (tertiary/aromatic N) is 1. The van der Waals surface area contributed by atoms with Crippen molar-refractivity contribution in [2.75, 3.05) is 24.5 Å². The predicted molar refractivity (Wildman–Crippen MR) is 40.5 cm³/mol. The van der Waals surface area contributed by atoms with Crippen molar-refractivity contribution in [1.29, 1.82) is 5.26 Å². The number of hydrogen-bond acceptors (Lipinski definition) is 1. The van der Waals surface area contributed by atoms with E-state index < -0.39 is 10.0 Å². The van der Waals surface area contributed by atoms with Crippen LogP contribution in [0.2, 0.25) is 0 Å². The van der Waals surface area contributed by atoms with Crippen LogP contribution in [0.5, 0.6) is 0 Å². The highest BCUT2D eigenvalue weighted by molar-refractivity contribution is 8.32. The Labute approximate surface area is 53.0 Å². The van der Waals surface area contributed by atoms with Crippen molar-refractivity contribution in [3.63, 3.8) is 0 Å². The van der Waals surface area contributed by atoms with E-state index in [-0.39, 0.29) is 0 Å². The summed E-state index contributed by atoms with van der Waals surface area (Å²) in [7, 11) is -0.409. The molecule has 2 heteroatoms. The van der Waals surface area contributed by atoms with E-state index in [9.17, 15) is 0 Å². The third kappa shape index (κ3) is 5.84. The summed E-state index contributed by atoms with van der Waals surface area (Å²) < 4.78 is 0. The van der Waals surface area contributed by atoms with Gasteiger partial charge in [0, 0.05) is 6.42 Å². The quantitative estimate of drug-likeness (QED) is 0.558. The van der Waals surface area contributed by atoms with E-state index in [1.807, 2.05) is 0 Å². The zero-order valence-electron chi connectivity index (χ0n) is 5.77. The molecule has 0 unspecified atom stereocenters. The van der Waals surface area contributed by atoms with Crippen LogP contribution in [0.4, 0.5) is 0 Å². The van der Waals surface area contributed by atoms with Gasteiger partial charge in [-0.25, -0.2) is 10.0 Å². The molecule has 0 saturated heterocycles. The molecule has 0 N–H and O–H groups in total. The van der Waals surface area contributed by atoms with Gasteiger partial charge >= 0.3 is 0 Å². The normalized spacial score (nSPS) is 12.8.